The number of fused-ring (bicyclic) bond motifs is 1. The molecule has 240 valence electrons. The molecule has 0 unspecified atom stereocenters. The van der Waals surface area contributed by atoms with Crippen molar-refractivity contribution in [2.75, 3.05) is 26.6 Å². The predicted molar refractivity (Wildman–Crippen MR) is 180 cm³/mol. The summed E-state index contributed by atoms with van der Waals surface area (Å²) in [5.41, 5.74) is 4.43. The number of carbonyl (C=O) groups is 1. The first kappa shape index (κ1) is 30.5. The van der Waals surface area contributed by atoms with Crippen molar-refractivity contribution in [3.63, 3.8) is 0 Å². The Kier molecular flexibility index (Phi) is 8.20. The average molecular weight is 642 g/mol. The second-order valence-electron chi connectivity index (χ2n) is 11.3. The van der Waals surface area contributed by atoms with Gasteiger partial charge in [0.25, 0.3) is 5.56 Å². The molecule has 1 aliphatic carbocycles. The maximum Gasteiger partial charge on any atom is 0.343 e. The van der Waals surface area contributed by atoms with Gasteiger partial charge in [0, 0.05) is 28.8 Å². The molecule has 12 nitrogen and oxygen atoms in total. The van der Waals surface area contributed by atoms with Crippen molar-refractivity contribution in [1.82, 2.24) is 29.7 Å². The van der Waals surface area contributed by atoms with Gasteiger partial charge in [0.1, 0.15) is 29.0 Å². The molecular weight excluding hydrogens is 610 g/mol. The van der Waals surface area contributed by atoms with Gasteiger partial charge in [0.2, 0.25) is 5.88 Å². The summed E-state index contributed by atoms with van der Waals surface area (Å²) in [6, 6.07) is 22.5. The minimum Gasteiger partial charge on any atom is -0.497 e. The maximum atomic E-state index is 13.4. The Balaban J connectivity index is 1.24. The lowest BCUT2D eigenvalue weighted by molar-refractivity contribution is 0.0601. The van der Waals surface area contributed by atoms with Gasteiger partial charge in [0.05, 0.1) is 44.6 Å². The van der Waals surface area contributed by atoms with Crippen LogP contribution in [-0.2, 0) is 11.3 Å². The van der Waals surface area contributed by atoms with Crippen molar-refractivity contribution < 1.29 is 19.0 Å². The molecule has 0 saturated heterocycles. The van der Waals surface area contributed by atoms with Gasteiger partial charge in [-0.1, -0.05) is 42.5 Å². The van der Waals surface area contributed by atoms with Crippen molar-refractivity contribution in [2.45, 2.75) is 25.3 Å². The number of esters is 1. The number of aromatic nitrogens is 6. The van der Waals surface area contributed by atoms with E-state index in [2.05, 4.69) is 20.3 Å². The van der Waals surface area contributed by atoms with Gasteiger partial charge in [-0.15, -0.1) is 0 Å². The Morgan fingerprint density at radius 2 is 1.65 bits per heavy atom. The molecule has 0 radical (unpaired) electrons. The number of nitrogens with zero attached hydrogens (tertiary/aromatic N) is 6. The summed E-state index contributed by atoms with van der Waals surface area (Å²) in [5.74, 6) is 1.37. The summed E-state index contributed by atoms with van der Waals surface area (Å²) < 4.78 is 17.3. The van der Waals surface area contributed by atoms with Crippen LogP contribution in [0.5, 0.6) is 11.6 Å². The lowest BCUT2D eigenvalue weighted by Crippen LogP contribution is -2.24. The van der Waals surface area contributed by atoms with Crippen molar-refractivity contribution in [2.24, 2.45) is 0 Å². The Hall–Kier alpha value is -6.17. The lowest BCUT2D eigenvalue weighted by atomic mass is 10.0. The van der Waals surface area contributed by atoms with E-state index in [1.807, 2.05) is 72.8 Å². The predicted octanol–water partition coefficient (Wildman–Crippen LogP) is 5.78. The molecule has 1 saturated carbocycles. The number of hydrogen-bond acceptors (Lipinski definition) is 11. The third-order valence-electron chi connectivity index (χ3n) is 8.20. The molecule has 0 amide bonds. The molecule has 12 heteroatoms. The van der Waals surface area contributed by atoms with Crippen LogP contribution >= 0.6 is 0 Å². The number of methoxy groups -OCH3 is 3. The molecular formula is C36H31N7O5. The molecule has 1 N–H and O–H groups in total. The highest BCUT2D eigenvalue weighted by Gasteiger charge is 2.32. The van der Waals surface area contributed by atoms with Crippen LogP contribution in [0.1, 0.15) is 40.4 Å². The fourth-order valence-electron chi connectivity index (χ4n) is 5.58. The molecule has 1 fully saturated rings. The minimum atomic E-state index is -0.589. The van der Waals surface area contributed by atoms with E-state index >= 15 is 0 Å². The largest absolute Gasteiger partial charge is 0.497 e. The first-order valence-electron chi connectivity index (χ1n) is 15.3. The second kappa shape index (κ2) is 12.9. The Morgan fingerprint density at radius 3 is 2.33 bits per heavy atom. The maximum absolute atomic E-state index is 13.4. The van der Waals surface area contributed by atoms with Gasteiger partial charge in [-0.25, -0.2) is 29.4 Å². The first-order chi connectivity index (χ1) is 23.5. The number of hydrogen-bond donors (Lipinski definition) is 1. The van der Waals surface area contributed by atoms with Crippen molar-refractivity contribution in [3.05, 3.63) is 112 Å². The standard InChI is InChI=1S/C36H31N7O5/c1-46-25-16-8-21(9-17-25)19-43-35(44)27-7-5-4-6-26(27)30(42-43)22-12-14-24(15-13-22)40-32-28(36(45)48-3)18-37-33(41-32)29-31(23-10-11-23)38-20-39-34(29)47-2/h4-9,12-18,20,23H,10-11,19H2,1-3H3,(H,37,40,41). The number of anilines is 2. The number of nitrogens with one attached hydrogen (secondary N) is 1. The molecule has 48 heavy (non-hydrogen) atoms. The summed E-state index contributed by atoms with van der Waals surface area (Å²) in [4.78, 5) is 44.2. The highest BCUT2D eigenvalue weighted by molar-refractivity contribution is 5.96. The normalized spacial score (nSPS) is 12.5. The second-order valence-corrected chi connectivity index (χ2v) is 11.3. The van der Waals surface area contributed by atoms with Gasteiger partial charge in [-0.3, -0.25) is 4.79 Å². The van der Waals surface area contributed by atoms with Gasteiger partial charge in [0.15, 0.2) is 5.82 Å². The third-order valence-corrected chi connectivity index (χ3v) is 8.20. The van der Waals surface area contributed by atoms with E-state index < -0.39 is 5.97 Å². The SMILES string of the molecule is COC(=O)c1cnc(-c2c(OC)ncnc2C2CC2)nc1Nc1ccc(-c2nn(Cc3ccc(OC)cc3)c(=O)c3ccccc23)cc1. The van der Waals surface area contributed by atoms with Crippen molar-refractivity contribution in [1.29, 1.82) is 0 Å². The van der Waals surface area contributed by atoms with E-state index in [9.17, 15) is 9.59 Å². The highest BCUT2D eigenvalue weighted by Crippen LogP contribution is 2.45. The van der Waals surface area contributed by atoms with Crippen LogP contribution in [0.2, 0.25) is 0 Å². The number of benzene rings is 3. The monoisotopic (exact) mass is 641 g/mol. The van der Waals surface area contributed by atoms with Crippen LogP contribution in [0.3, 0.4) is 0 Å². The van der Waals surface area contributed by atoms with Crippen LogP contribution in [0.25, 0.3) is 33.4 Å². The summed E-state index contributed by atoms with van der Waals surface area (Å²) in [5, 5.41) is 9.38. The van der Waals surface area contributed by atoms with Gasteiger partial charge in [-0.2, -0.15) is 5.10 Å². The molecule has 0 aliphatic heterocycles. The summed E-state index contributed by atoms with van der Waals surface area (Å²) in [6.07, 6.45) is 4.92. The molecule has 0 spiro atoms. The van der Waals surface area contributed by atoms with Gasteiger partial charge in [-0.05, 0) is 48.7 Å². The Bertz CT molecular complexity index is 2200. The fourth-order valence-corrected chi connectivity index (χ4v) is 5.58. The average Bonchev–Trinajstić information content (AvgIpc) is 3.99. The van der Waals surface area contributed by atoms with Crippen LogP contribution in [0.15, 0.2) is 90.1 Å². The number of ether oxygens (including phenoxy) is 3. The van der Waals surface area contributed by atoms with Crippen LogP contribution in [0, 0.1) is 0 Å². The zero-order valence-corrected chi connectivity index (χ0v) is 26.5. The van der Waals surface area contributed by atoms with E-state index in [-0.39, 0.29) is 22.9 Å². The fraction of sp³-hybridized carbons (Fsp3) is 0.194. The minimum absolute atomic E-state index is 0.160. The molecule has 3 aromatic carbocycles. The van der Waals surface area contributed by atoms with Crippen LogP contribution in [0.4, 0.5) is 11.5 Å². The molecule has 7 rings (SSSR count). The summed E-state index contributed by atoms with van der Waals surface area (Å²) in [7, 11) is 4.46. The quantitative estimate of drug-likeness (QED) is 0.182. The van der Waals surface area contributed by atoms with Gasteiger partial charge < -0.3 is 19.5 Å². The molecule has 3 heterocycles. The van der Waals surface area contributed by atoms with Gasteiger partial charge >= 0.3 is 5.97 Å². The molecule has 3 aromatic heterocycles. The topological polar surface area (TPSA) is 143 Å². The Morgan fingerprint density at radius 1 is 0.896 bits per heavy atom. The van der Waals surface area contributed by atoms with E-state index in [1.165, 1.54) is 31.4 Å². The van der Waals surface area contributed by atoms with E-state index in [0.29, 0.717) is 40.6 Å². The lowest BCUT2D eigenvalue weighted by Gasteiger charge is -2.15. The molecule has 0 bridgehead atoms. The van der Waals surface area contributed by atoms with Crippen molar-refractivity contribution in [3.8, 4) is 34.3 Å². The van der Waals surface area contributed by atoms with Crippen LogP contribution < -0.4 is 20.3 Å². The smallest absolute Gasteiger partial charge is 0.343 e. The molecule has 6 aromatic rings. The van der Waals surface area contributed by atoms with E-state index in [1.54, 1.807) is 7.11 Å². The summed E-state index contributed by atoms with van der Waals surface area (Å²) in [6.45, 7) is 0.298. The number of carbonyl (C=O) groups excluding carboxylic acids is 1. The van der Waals surface area contributed by atoms with Crippen molar-refractivity contribution >= 4 is 28.2 Å². The zero-order valence-electron chi connectivity index (χ0n) is 26.5. The van der Waals surface area contributed by atoms with E-state index in [4.69, 9.17) is 24.3 Å². The zero-order chi connectivity index (χ0) is 33.2. The Labute approximate surface area is 275 Å². The molecule has 1 aliphatic rings. The first-order valence-corrected chi connectivity index (χ1v) is 15.3. The van der Waals surface area contributed by atoms with Crippen LogP contribution in [-0.4, -0.2) is 57.0 Å². The van der Waals surface area contributed by atoms with E-state index in [0.717, 1.165) is 40.8 Å². The summed E-state index contributed by atoms with van der Waals surface area (Å²) >= 11 is 0. The highest BCUT2D eigenvalue weighted by atomic mass is 16.5. The number of rotatable bonds is 10. The third kappa shape index (κ3) is 5.91. The molecule has 0 atom stereocenters.